The van der Waals surface area contributed by atoms with Crippen molar-refractivity contribution < 1.29 is 4.79 Å². The van der Waals surface area contributed by atoms with Crippen LogP contribution in [0.2, 0.25) is 0 Å². The van der Waals surface area contributed by atoms with Crippen LogP contribution in [0.3, 0.4) is 0 Å². The van der Waals surface area contributed by atoms with E-state index in [1.165, 1.54) is 11.3 Å². The number of carbonyl (C=O) groups is 1. The Morgan fingerprint density at radius 2 is 2.10 bits per heavy atom. The second-order valence-corrected chi connectivity index (χ2v) is 6.82. The number of rotatable bonds is 8. The maximum Gasteiger partial charge on any atom is 0.265 e. The van der Waals surface area contributed by atoms with Gasteiger partial charge < -0.3 is 21.3 Å². The van der Waals surface area contributed by atoms with Crippen LogP contribution in [-0.2, 0) is 0 Å². The number of anilines is 2. The van der Waals surface area contributed by atoms with E-state index in [4.69, 9.17) is 5.73 Å². The number of hydrogen-bond donors (Lipinski definition) is 3. The van der Waals surface area contributed by atoms with Crippen LogP contribution in [0.5, 0.6) is 0 Å². The first kappa shape index (κ1) is 17.7. The number of nitrogens with two attached hydrogens (primary N) is 1. The molecular weight excluding hydrogens is 286 g/mol. The lowest BCUT2D eigenvalue weighted by Gasteiger charge is -2.23. The lowest BCUT2D eigenvalue weighted by Crippen LogP contribution is -2.42. The van der Waals surface area contributed by atoms with Gasteiger partial charge in [-0.25, -0.2) is 4.98 Å². The second kappa shape index (κ2) is 8.19. The summed E-state index contributed by atoms with van der Waals surface area (Å²) in [5.41, 5.74) is 5.84. The van der Waals surface area contributed by atoms with Gasteiger partial charge in [-0.15, -0.1) is 0 Å². The van der Waals surface area contributed by atoms with Gasteiger partial charge in [0.15, 0.2) is 5.13 Å². The van der Waals surface area contributed by atoms with E-state index in [0.29, 0.717) is 21.7 Å². The predicted molar refractivity (Wildman–Crippen MR) is 90.0 cm³/mol. The predicted octanol–water partition coefficient (Wildman–Crippen LogP) is 1.86. The molecule has 7 heteroatoms. The van der Waals surface area contributed by atoms with Crippen LogP contribution < -0.4 is 16.4 Å². The molecule has 4 N–H and O–H groups in total. The molecule has 1 atom stereocenters. The van der Waals surface area contributed by atoms with Gasteiger partial charge in [0.25, 0.3) is 5.91 Å². The van der Waals surface area contributed by atoms with Crippen molar-refractivity contribution >= 4 is 28.2 Å². The van der Waals surface area contributed by atoms with Crippen LogP contribution in [0, 0.1) is 5.92 Å². The summed E-state index contributed by atoms with van der Waals surface area (Å²) in [5, 5.41) is 6.84. The number of likely N-dealkylation sites (N-methyl/N-ethyl adjacent to an activating group) is 1. The normalized spacial score (nSPS) is 12.7. The van der Waals surface area contributed by atoms with Crippen molar-refractivity contribution in [3.63, 3.8) is 0 Å². The van der Waals surface area contributed by atoms with E-state index in [0.717, 1.165) is 19.5 Å². The summed E-state index contributed by atoms with van der Waals surface area (Å²) in [7, 11) is 4.01. The third-order valence-corrected chi connectivity index (χ3v) is 3.89. The minimum atomic E-state index is -0.137. The molecule has 0 spiro atoms. The van der Waals surface area contributed by atoms with Gasteiger partial charge in [0.1, 0.15) is 10.7 Å². The van der Waals surface area contributed by atoms with Gasteiger partial charge >= 0.3 is 0 Å². The monoisotopic (exact) mass is 313 g/mol. The zero-order chi connectivity index (χ0) is 16.0. The first-order chi connectivity index (χ1) is 9.83. The molecule has 1 rings (SSSR count). The van der Waals surface area contributed by atoms with Gasteiger partial charge in [-0.2, -0.15) is 0 Å². The second-order valence-electron chi connectivity index (χ2n) is 5.83. The molecule has 0 aromatic carbocycles. The van der Waals surface area contributed by atoms with Gasteiger partial charge in [0.05, 0.1) is 0 Å². The number of nitrogens with zero attached hydrogens (tertiary/aromatic N) is 2. The molecule has 120 valence electrons. The van der Waals surface area contributed by atoms with E-state index >= 15 is 0 Å². The van der Waals surface area contributed by atoms with E-state index in [1.807, 2.05) is 21.0 Å². The first-order valence-corrected chi connectivity index (χ1v) is 8.10. The van der Waals surface area contributed by atoms with Crippen molar-refractivity contribution in [3.05, 3.63) is 4.88 Å². The lowest BCUT2D eigenvalue weighted by atomic mass is 10.0. The number of thiazole rings is 1. The Kier molecular flexibility index (Phi) is 6.91. The highest BCUT2D eigenvalue weighted by Gasteiger charge is 2.20. The van der Waals surface area contributed by atoms with Crippen molar-refractivity contribution in [1.82, 2.24) is 15.2 Å². The third-order valence-electron chi connectivity index (χ3n) is 2.86. The topological polar surface area (TPSA) is 83.3 Å². The zero-order valence-electron chi connectivity index (χ0n) is 13.6. The number of hydrogen-bond acceptors (Lipinski definition) is 6. The zero-order valence-corrected chi connectivity index (χ0v) is 14.4. The van der Waals surface area contributed by atoms with Crippen molar-refractivity contribution in [3.8, 4) is 0 Å². The summed E-state index contributed by atoms with van der Waals surface area (Å²) in [4.78, 5) is 19.1. The molecular formula is C14H27N5OS. The van der Waals surface area contributed by atoms with Crippen LogP contribution in [0.25, 0.3) is 0 Å². The fourth-order valence-corrected chi connectivity index (χ4v) is 3.02. The Labute approximate surface area is 131 Å². The molecule has 0 saturated carbocycles. The number of amides is 1. The minimum absolute atomic E-state index is 0.108. The molecule has 1 unspecified atom stereocenters. The molecule has 1 aromatic heterocycles. The molecule has 0 bridgehead atoms. The van der Waals surface area contributed by atoms with Crippen LogP contribution in [0.15, 0.2) is 0 Å². The summed E-state index contributed by atoms with van der Waals surface area (Å²) >= 11 is 1.30. The highest BCUT2D eigenvalue weighted by Crippen LogP contribution is 2.24. The van der Waals surface area contributed by atoms with Crippen molar-refractivity contribution in [2.45, 2.75) is 33.2 Å². The number of aromatic nitrogens is 1. The SMILES string of the molecule is CCNc1nc(N)c(C(=O)NC(CC(C)C)CN(C)C)s1. The molecule has 21 heavy (non-hydrogen) atoms. The van der Waals surface area contributed by atoms with Gasteiger partial charge in [-0.3, -0.25) is 4.79 Å². The highest BCUT2D eigenvalue weighted by molar-refractivity contribution is 7.18. The molecule has 1 amide bonds. The molecule has 0 fully saturated rings. The van der Waals surface area contributed by atoms with Crippen molar-refractivity contribution in [2.75, 3.05) is 38.2 Å². The quantitative estimate of drug-likeness (QED) is 0.682. The van der Waals surface area contributed by atoms with Crippen molar-refractivity contribution in [2.24, 2.45) is 5.92 Å². The van der Waals surface area contributed by atoms with Crippen LogP contribution in [-0.4, -0.2) is 49.0 Å². The molecule has 1 aromatic rings. The summed E-state index contributed by atoms with van der Waals surface area (Å²) in [5.74, 6) is 0.676. The maximum atomic E-state index is 12.4. The smallest absolute Gasteiger partial charge is 0.265 e. The summed E-state index contributed by atoms with van der Waals surface area (Å²) in [6, 6.07) is 0.108. The first-order valence-electron chi connectivity index (χ1n) is 7.29. The van der Waals surface area contributed by atoms with Crippen LogP contribution in [0.1, 0.15) is 36.9 Å². The lowest BCUT2D eigenvalue weighted by molar-refractivity contribution is 0.0929. The molecule has 0 saturated heterocycles. The van der Waals surface area contributed by atoms with E-state index < -0.39 is 0 Å². The number of nitrogen functional groups attached to an aromatic ring is 1. The van der Waals surface area contributed by atoms with E-state index in [9.17, 15) is 4.79 Å². The Hall–Kier alpha value is -1.34. The Balaban J connectivity index is 2.76. The largest absolute Gasteiger partial charge is 0.382 e. The average molecular weight is 313 g/mol. The van der Waals surface area contributed by atoms with Crippen LogP contribution in [0.4, 0.5) is 10.9 Å². The molecule has 0 aliphatic rings. The van der Waals surface area contributed by atoms with Gasteiger partial charge in [-0.1, -0.05) is 25.2 Å². The molecule has 6 nitrogen and oxygen atoms in total. The summed E-state index contributed by atoms with van der Waals surface area (Å²) in [6.45, 7) is 7.85. The Morgan fingerprint density at radius 3 is 2.62 bits per heavy atom. The number of carbonyl (C=O) groups excluding carboxylic acids is 1. The fraction of sp³-hybridized carbons (Fsp3) is 0.714. The van der Waals surface area contributed by atoms with Gasteiger partial charge in [0.2, 0.25) is 0 Å². The van der Waals surface area contributed by atoms with Crippen molar-refractivity contribution in [1.29, 1.82) is 0 Å². The summed E-state index contributed by atoms with van der Waals surface area (Å²) < 4.78 is 0. The fourth-order valence-electron chi connectivity index (χ4n) is 2.16. The van der Waals surface area contributed by atoms with Crippen LogP contribution >= 0.6 is 11.3 Å². The molecule has 0 radical (unpaired) electrons. The maximum absolute atomic E-state index is 12.4. The standard InChI is InChI=1S/C14H27N5OS/c1-6-16-14-18-12(15)11(21-14)13(20)17-10(7-9(2)3)8-19(4)5/h9-10H,6-8,15H2,1-5H3,(H,16,18)(H,17,20). The highest BCUT2D eigenvalue weighted by atomic mass is 32.1. The molecule has 0 aliphatic carbocycles. The third kappa shape index (κ3) is 5.89. The molecule has 0 aliphatic heterocycles. The number of nitrogens with one attached hydrogen (secondary N) is 2. The van der Waals surface area contributed by atoms with Gasteiger partial charge in [0, 0.05) is 19.1 Å². The Bertz CT molecular complexity index is 448. The van der Waals surface area contributed by atoms with Gasteiger partial charge in [-0.05, 0) is 33.4 Å². The van der Waals surface area contributed by atoms with E-state index in [-0.39, 0.29) is 11.9 Å². The van der Waals surface area contributed by atoms with E-state index in [2.05, 4.69) is 34.4 Å². The Morgan fingerprint density at radius 1 is 1.43 bits per heavy atom. The molecule has 1 heterocycles. The summed E-state index contributed by atoms with van der Waals surface area (Å²) in [6.07, 6.45) is 0.933. The average Bonchev–Trinajstić information content (AvgIpc) is 2.69. The minimum Gasteiger partial charge on any atom is -0.382 e. The van der Waals surface area contributed by atoms with E-state index in [1.54, 1.807) is 0 Å².